The molecule has 1 saturated heterocycles. The van der Waals surface area contributed by atoms with Crippen LogP contribution in [0.1, 0.15) is 38.8 Å². The van der Waals surface area contributed by atoms with E-state index < -0.39 is 29.8 Å². The lowest BCUT2D eigenvalue weighted by Gasteiger charge is -2.36. The number of aromatic nitrogens is 1. The molecule has 0 spiro atoms. The number of H-pyrrole nitrogens is 1. The molecule has 1 fully saturated rings. The molecule has 0 bridgehead atoms. The van der Waals surface area contributed by atoms with Gasteiger partial charge in [0.2, 0.25) is 0 Å². The van der Waals surface area contributed by atoms with Crippen LogP contribution in [0, 0.1) is 12.7 Å². The maximum absolute atomic E-state index is 14.2. The van der Waals surface area contributed by atoms with Crippen molar-refractivity contribution in [1.82, 2.24) is 9.88 Å². The molecule has 3 heterocycles. The zero-order valence-electron chi connectivity index (χ0n) is 22.1. The van der Waals surface area contributed by atoms with Gasteiger partial charge in [-0.1, -0.05) is 60.2 Å². The quantitative estimate of drug-likeness (QED) is 0.259. The highest BCUT2D eigenvalue weighted by Crippen LogP contribution is 2.45. The number of aromatic amines is 1. The first kappa shape index (κ1) is 24.8. The zero-order valence-corrected chi connectivity index (χ0v) is 22.1. The predicted molar refractivity (Wildman–Crippen MR) is 154 cm³/mol. The fourth-order valence-corrected chi connectivity index (χ4v) is 5.98. The monoisotopic (exact) mass is 544 g/mol. The second-order valence-electron chi connectivity index (χ2n) is 10.4. The first-order valence-electron chi connectivity index (χ1n) is 13.4. The molecule has 4 aromatic carbocycles. The number of rotatable bonds is 4. The Bertz CT molecular complexity index is 1850. The molecule has 0 radical (unpaired) electrons. The number of hydrogen-bond donors (Lipinski definition) is 2. The second-order valence-corrected chi connectivity index (χ2v) is 10.4. The molecule has 2 unspecified atom stereocenters. The minimum atomic E-state index is -0.742. The van der Waals surface area contributed by atoms with Gasteiger partial charge in [0.05, 0.1) is 11.3 Å². The number of aryl methyl sites for hydroxylation is 1. The first-order chi connectivity index (χ1) is 19.9. The Kier molecular flexibility index (Phi) is 5.71. The van der Waals surface area contributed by atoms with Crippen LogP contribution in [0.5, 0.6) is 0 Å². The number of imide groups is 1. The van der Waals surface area contributed by atoms with Crippen molar-refractivity contribution in [1.29, 1.82) is 0 Å². The summed E-state index contributed by atoms with van der Waals surface area (Å²) in [5, 5.41) is 3.76. The summed E-state index contributed by atoms with van der Waals surface area (Å²) >= 11 is 0. The molecule has 41 heavy (non-hydrogen) atoms. The number of nitrogens with one attached hydrogen (secondary N) is 2. The summed E-state index contributed by atoms with van der Waals surface area (Å²) in [5.41, 5.74) is 5.59. The molecule has 7 rings (SSSR count). The number of urea groups is 1. The van der Waals surface area contributed by atoms with Crippen LogP contribution in [-0.4, -0.2) is 33.8 Å². The highest BCUT2D eigenvalue weighted by Gasteiger charge is 2.53. The molecule has 5 aromatic rings. The number of nitrogens with zero attached hydrogens (tertiary/aromatic N) is 2. The van der Waals surface area contributed by atoms with Gasteiger partial charge in [-0.25, -0.2) is 14.1 Å². The number of para-hydroxylation sites is 2. The van der Waals surface area contributed by atoms with Gasteiger partial charge in [0, 0.05) is 28.7 Å². The molecule has 2 aliphatic rings. The number of carbonyl (C=O) groups excluding carboxylic acids is 3. The van der Waals surface area contributed by atoms with Gasteiger partial charge in [-0.3, -0.25) is 14.5 Å². The van der Waals surface area contributed by atoms with Crippen LogP contribution >= 0.6 is 0 Å². The van der Waals surface area contributed by atoms with E-state index in [1.165, 1.54) is 24.3 Å². The van der Waals surface area contributed by atoms with Gasteiger partial charge in [-0.05, 0) is 60.5 Å². The van der Waals surface area contributed by atoms with E-state index in [1.54, 1.807) is 29.2 Å². The van der Waals surface area contributed by atoms with Crippen LogP contribution in [0.25, 0.3) is 10.9 Å². The molecular weight excluding hydrogens is 519 g/mol. The SMILES string of the molecule is Cc1ccc(C2c3[nH]c4ccccc4c3CC3C(=O)N(c4ccccc4C(=O)Nc4ccc(F)cc4)C(=O)N32)cc1. The lowest BCUT2D eigenvalue weighted by molar-refractivity contribution is -0.120. The summed E-state index contributed by atoms with van der Waals surface area (Å²) in [7, 11) is 0. The molecule has 2 N–H and O–H groups in total. The lowest BCUT2D eigenvalue weighted by atomic mass is 9.88. The van der Waals surface area contributed by atoms with Gasteiger partial charge in [0.15, 0.2) is 0 Å². The van der Waals surface area contributed by atoms with Crippen molar-refractivity contribution in [2.75, 3.05) is 10.2 Å². The highest BCUT2D eigenvalue weighted by atomic mass is 19.1. The van der Waals surface area contributed by atoms with Crippen molar-refractivity contribution in [3.8, 4) is 0 Å². The normalized spacial score (nSPS) is 18.0. The maximum atomic E-state index is 14.2. The average molecular weight is 545 g/mol. The number of carbonyl (C=O) groups is 3. The van der Waals surface area contributed by atoms with E-state index in [-0.39, 0.29) is 17.2 Å². The van der Waals surface area contributed by atoms with Crippen LogP contribution in [0.15, 0.2) is 97.1 Å². The minimum Gasteiger partial charge on any atom is -0.356 e. The van der Waals surface area contributed by atoms with Crippen LogP contribution in [0.3, 0.4) is 0 Å². The van der Waals surface area contributed by atoms with E-state index in [9.17, 15) is 18.8 Å². The Morgan fingerprint density at radius 3 is 2.39 bits per heavy atom. The molecular formula is C33H25FN4O3. The maximum Gasteiger partial charge on any atom is 0.332 e. The summed E-state index contributed by atoms with van der Waals surface area (Å²) < 4.78 is 13.4. The number of amides is 4. The van der Waals surface area contributed by atoms with E-state index in [2.05, 4.69) is 10.3 Å². The smallest absolute Gasteiger partial charge is 0.332 e. The number of anilines is 2. The first-order valence-corrected chi connectivity index (χ1v) is 13.4. The fourth-order valence-electron chi connectivity index (χ4n) is 5.98. The molecule has 4 amide bonds. The molecule has 1 aromatic heterocycles. The van der Waals surface area contributed by atoms with Crippen molar-refractivity contribution in [2.45, 2.75) is 25.4 Å². The topological polar surface area (TPSA) is 85.5 Å². The highest BCUT2D eigenvalue weighted by molar-refractivity contribution is 6.24. The third-order valence-electron chi connectivity index (χ3n) is 7.93. The Morgan fingerprint density at radius 1 is 0.902 bits per heavy atom. The van der Waals surface area contributed by atoms with Gasteiger partial charge in [0.25, 0.3) is 11.8 Å². The van der Waals surface area contributed by atoms with Gasteiger partial charge in [-0.2, -0.15) is 0 Å². The third kappa shape index (κ3) is 3.98. The molecule has 2 aliphatic heterocycles. The van der Waals surface area contributed by atoms with Gasteiger partial charge >= 0.3 is 6.03 Å². The molecule has 0 saturated carbocycles. The lowest BCUT2D eigenvalue weighted by Crippen LogP contribution is -2.44. The Hall–Kier alpha value is -5.24. The van der Waals surface area contributed by atoms with Gasteiger partial charge < -0.3 is 10.3 Å². The number of halogens is 1. The molecule has 202 valence electrons. The number of hydrogen-bond acceptors (Lipinski definition) is 3. The standard InChI is InChI=1S/C33H25FN4O3/c1-19-10-12-20(13-11-19)30-29-25(23-6-2-4-8-26(23)36-29)18-28-32(40)38(33(41)37(28)30)27-9-5-3-7-24(27)31(39)35-22-16-14-21(34)15-17-22/h2-17,28,30,36H,18H2,1H3,(H,35,39). The van der Waals surface area contributed by atoms with E-state index in [0.29, 0.717) is 12.1 Å². The third-order valence-corrected chi connectivity index (χ3v) is 7.93. The van der Waals surface area contributed by atoms with Crippen molar-refractivity contribution < 1.29 is 18.8 Å². The van der Waals surface area contributed by atoms with Crippen molar-refractivity contribution in [2.24, 2.45) is 0 Å². The molecule has 0 aliphatic carbocycles. The zero-order chi connectivity index (χ0) is 28.2. The molecule has 2 atom stereocenters. The molecule has 8 heteroatoms. The van der Waals surface area contributed by atoms with E-state index >= 15 is 0 Å². The van der Waals surface area contributed by atoms with Crippen molar-refractivity contribution >= 4 is 40.1 Å². The summed E-state index contributed by atoms with van der Waals surface area (Å²) in [5.74, 6) is -1.32. The summed E-state index contributed by atoms with van der Waals surface area (Å²) in [4.78, 5) is 48.0. The Balaban J connectivity index is 1.31. The van der Waals surface area contributed by atoms with E-state index in [4.69, 9.17) is 0 Å². The van der Waals surface area contributed by atoms with Crippen molar-refractivity contribution in [3.05, 3.63) is 131 Å². The van der Waals surface area contributed by atoms with Crippen LogP contribution in [0.2, 0.25) is 0 Å². The summed E-state index contributed by atoms with van der Waals surface area (Å²) in [6, 6.07) is 26.1. The van der Waals surface area contributed by atoms with Gasteiger partial charge in [-0.15, -0.1) is 0 Å². The largest absolute Gasteiger partial charge is 0.356 e. The predicted octanol–water partition coefficient (Wildman–Crippen LogP) is 6.35. The average Bonchev–Trinajstić information content (AvgIpc) is 3.48. The van der Waals surface area contributed by atoms with E-state index in [0.717, 1.165) is 38.2 Å². The molecule has 7 nitrogen and oxygen atoms in total. The number of benzene rings is 4. The van der Waals surface area contributed by atoms with Crippen molar-refractivity contribution in [3.63, 3.8) is 0 Å². The Labute approximate surface area is 235 Å². The van der Waals surface area contributed by atoms with Gasteiger partial charge in [0.1, 0.15) is 17.9 Å². The summed E-state index contributed by atoms with van der Waals surface area (Å²) in [6.07, 6.45) is 0.354. The Morgan fingerprint density at radius 2 is 1.61 bits per heavy atom. The van der Waals surface area contributed by atoms with Crippen LogP contribution < -0.4 is 10.2 Å². The fraction of sp³-hybridized carbons (Fsp3) is 0.121. The van der Waals surface area contributed by atoms with E-state index in [1.807, 2.05) is 55.5 Å². The van der Waals surface area contributed by atoms with Crippen LogP contribution in [0.4, 0.5) is 20.6 Å². The second kappa shape index (κ2) is 9.45. The minimum absolute atomic E-state index is 0.161. The number of fused-ring (bicyclic) bond motifs is 4. The summed E-state index contributed by atoms with van der Waals surface area (Å²) in [6.45, 7) is 2.00. The van der Waals surface area contributed by atoms with Crippen LogP contribution in [-0.2, 0) is 11.2 Å².